The van der Waals surface area contributed by atoms with Gasteiger partial charge in [-0.3, -0.25) is 0 Å². The van der Waals surface area contributed by atoms with E-state index >= 15 is 0 Å². The normalized spacial score (nSPS) is 11.3. The Kier molecular flexibility index (Phi) is 5.26. The van der Waals surface area contributed by atoms with Crippen LogP contribution in [0.25, 0.3) is 0 Å². The fourth-order valence-corrected chi connectivity index (χ4v) is 2.45. The van der Waals surface area contributed by atoms with E-state index in [1.54, 1.807) is 0 Å². The zero-order valence-corrected chi connectivity index (χ0v) is 10.9. The Bertz CT molecular complexity index is 381. The molecule has 17 heavy (non-hydrogen) atoms. The van der Waals surface area contributed by atoms with Crippen LogP contribution in [0.3, 0.4) is 0 Å². The number of alkyl halides is 3. The fourth-order valence-electron chi connectivity index (χ4n) is 0.972. The highest BCUT2D eigenvalue weighted by molar-refractivity contribution is 9.11. The van der Waals surface area contributed by atoms with Crippen molar-refractivity contribution < 1.29 is 22.7 Å². The number of ether oxygens (including phenoxy) is 1. The maximum Gasteiger partial charge on any atom is 0.422 e. The first-order valence-corrected chi connectivity index (χ1v) is 6.19. The predicted octanol–water partition coefficient (Wildman–Crippen LogP) is 3.34. The minimum Gasteiger partial charge on any atom is -0.440 e. The lowest BCUT2D eigenvalue weighted by molar-refractivity contribution is -0.160. The van der Waals surface area contributed by atoms with Crippen molar-refractivity contribution in [3.63, 3.8) is 0 Å². The number of halogens is 4. The monoisotopic (exact) mass is 331 g/mol. The van der Waals surface area contributed by atoms with E-state index in [1.165, 1.54) is 11.3 Å². The average molecular weight is 332 g/mol. The SMILES string of the molecule is O=C(NCCc1ccc(Br)s1)OCC(F)(F)F. The first-order valence-electron chi connectivity index (χ1n) is 4.58. The van der Waals surface area contributed by atoms with Gasteiger partial charge in [0.15, 0.2) is 6.61 Å². The zero-order chi connectivity index (χ0) is 12.9. The summed E-state index contributed by atoms with van der Waals surface area (Å²) in [4.78, 5) is 11.9. The number of carbonyl (C=O) groups is 1. The Morgan fingerprint density at radius 3 is 2.71 bits per heavy atom. The second-order valence-electron chi connectivity index (χ2n) is 3.07. The number of hydrogen-bond donors (Lipinski definition) is 1. The van der Waals surface area contributed by atoms with Crippen LogP contribution in [-0.2, 0) is 11.2 Å². The highest BCUT2D eigenvalue weighted by Gasteiger charge is 2.29. The topological polar surface area (TPSA) is 38.3 Å². The number of thiophene rings is 1. The molecule has 0 aliphatic carbocycles. The van der Waals surface area contributed by atoms with Crippen molar-refractivity contribution in [2.45, 2.75) is 12.6 Å². The lowest BCUT2D eigenvalue weighted by Crippen LogP contribution is -2.30. The largest absolute Gasteiger partial charge is 0.440 e. The van der Waals surface area contributed by atoms with E-state index in [0.717, 1.165) is 8.66 Å². The van der Waals surface area contributed by atoms with Gasteiger partial charge in [0.05, 0.1) is 3.79 Å². The average Bonchev–Trinajstić information content (AvgIpc) is 2.60. The Morgan fingerprint density at radius 2 is 2.18 bits per heavy atom. The smallest absolute Gasteiger partial charge is 0.422 e. The van der Waals surface area contributed by atoms with Crippen LogP contribution in [0.5, 0.6) is 0 Å². The van der Waals surface area contributed by atoms with Crippen LogP contribution < -0.4 is 5.32 Å². The fraction of sp³-hybridized carbons (Fsp3) is 0.444. The van der Waals surface area contributed by atoms with Crippen molar-refractivity contribution in [2.75, 3.05) is 13.2 Å². The van der Waals surface area contributed by atoms with Crippen molar-refractivity contribution in [1.29, 1.82) is 0 Å². The number of alkyl carbamates (subject to hydrolysis) is 1. The van der Waals surface area contributed by atoms with Crippen molar-refractivity contribution in [1.82, 2.24) is 5.32 Å². The Hall–Kier alpha value is -0.760. The summed E-state index contributed by atoms with van der Waals surface area (Å²) in [6, 6.07) is 3.74. The molecular formula is C9H9BrF3NO2S. The summed E-state index contributed by atoms with van der Waals surface area (Å²) in [6.07, 6.45) is -4.99. The van der Waals surface area contributed by atoms with E-state index in [0.29, 0.717) is 6.42 Å². The summed E-state index contributed by atoms with van der Waals surface area (Å²) in [5, 5.41) is 2.24. The van der Waals surface area contributed by atoms with E-state index in [-0.39, 0.29) is 6.54 Å². The Balaban J connectivity index is 2.16. The molecule has 8 heteroatoms. The second kappa shape index (κ2) is 6.25. The standard InChI is InChI=1S/C9H9BrF3NO2S/c10-7-2-1-6(17-7)3-4-14-8(15)16-5-9(11,12)13/h1-2H,3-5H2,(H,14,15). The van der Waals surface area contributed by atoms with Gasteiger partial charge in [0.25, 0.3) is 0 Å². The van der Waals surface area contributed by atoms with Gasteiger partial charge in [-0.2, -0.15) is 13.2 Å². The molecule has 0 aliphatic heterocycles. The van der Waals surface area contributed by atoms with Gasteiger partial charge in [-0.05, 0) is 34.5 Å². The molecule has 1 aromatic heterocycles. The van der Waals surface area contributed by atoms with E-state index in [4.69, 9.17) is 0 Å². The maximum absolute atomic E-state index is 11.7. The first-order chi connectivity index (χ1) is 7.87. The summed E-state index contributed by atoms with van der Waals surface area (Å²) in [5.41, 5.74) is 0. The van der Waals surface area contributed by atoms with Crippen molar-refractivity contribution >= 4 is 33.4 Å². The van der Waals surface area contributed by atoms with E-state index in [2.05, 4.69) is 26.0 Å². The third kappa shape index (κ3) is 6.52. The van der Waals surface area contributed by atoms with Crippen LogP contribution in [0.4, 0.5) is 18.0 Å². The minimum atomic E-state index is -4.49. The van der Waals surface area contributed by atoms with E-state index in [9.17, 15) is 18.0 Å². The first kappa shape index (κ1) is 14.3. The molecule has 0 aromatic carbocycles. The zero-order valence-electron chi connectivity index (χ0n) is 8.51. The van der Waals surface area contributed by atoms with Crippen LogP contribution in [0.2, 0.25) is 0 Å². The predicted molar refractivity (Wildman–Crippen MR) is 61.1 cm³/mol. The number of nitrogens with one attached hydrogen (secondary N) is 1. The Morgan fingerprint density at radius 1 is 1.47 bits per heavy atom. The molecule has 1 N–H and O–H groups in total. The van der Waals surface area contributed by atoms with Gasteiger partial charge in [-0.25, -0.2) is 4.79 Å². The van der Waals surface area contributed by atoms with Crippen molar-refractivity contribution in [3.8, 4) is 0 Å². The second-order valence-corrected chi connectivity index (χ2v) is 5.62. The summed E-state index contributed by atoms with van der Waals surface area (Å²) in [7, 11) is 0. The molecule has 0 radical (unpaired) electrons. The van der Waals surface area contributed by atoms with Gasteiger partial charge in [0.1, 0.15) is 0 Å². The summed E-state index contributed by atoms with van der Waals surface area (Å²) < 4.78 is 40.0. The maximum atomic E-state index is 11.7. The summed E-state index contributed by atoms with van der Waals surface area (Å²) in [5.74, 6) is 0. The number of carbonyl (C=O) groups excluding carboxylic acids is 1. The summed E-state index contributed by atoms with van der Waals surface area (Å²) >= 11 is 4.78. The van der Waals surface area contributed by atoms with Crippen molar-refractivity contribution in [3.05, 3.63) is 20.8 Å². The number of amides is 1. The minimum absolute atomic E-state index is 0.240. The lowest BCUT2D eigenvalue weighted by Gasteiger charge is -2.08. The molecule has 0 unspecified atom stereocenters. The lowest BCUT2D eigenvalue weighted by atomic mass is 10.3. The van der Waals surface area contributed by atoms with Gasteiger partial charge in [0, 0.05) is 11.4 Å². The third-order valence-electron chi connectivity index (χ3n) is 1.64. The molecule has 0 saturated heterocycles. The van der Waals surface area contributed by atoms with Crippen LogP contribution in [0.1, 0.15) is 4.88 Å². The molecule has 1 aromatic rings. The van der Waals surface area contributed by atoms with Crippen LogP contribution in [0.15, 0.2) is 15.9 Å². The molecule has 1 heterocycles. The molecule has 0 fully saturated rings. The number of hydrogen-bond acceptors (Lipinski definition) is 3. The molecule has 1 amide bonds. The highest BCUT2D eigenvalue weighted by Crippen LogP contribution is 2.22. The van der Waals surface area contributed by atoms with Crippen LogP contribution in [-0.4, -0.2) is 25.4 Å². The molecule has 0 aliphatic rings. The van der Waals surface area contributed by atoms with Gasteiger partial charge >= 0.3 is 12.3 Å². The molecular weight excluding hydrogens is 323 g/mol. The molecule has 1 rings (SSSR count). The molecule has 0 saturated carbocycles. The molecule has 0 bridgehead atoms. The van der Waals surface area contributed by atoms with Gasteiger partial charge < -0.3 is 10.1 Å². The number of rotatable bonds is 4. The van der Waals surface area contributed by atoms with Gasteiger partial charge in [-0.1, -0.05) is 0 Å². The molecule has 0 atom stereocenters. The third-order valence-corrected chi connectivity index (χ3v) is 3.32. The van der Waals surface area contributed by atoms with Gasteiger partial charge in [0.2, 0.25) is 0 Å². The van der Waals surface area contributed by atoms with Crippen LogP contribution >= 0.6 is 27.3 Å². The van der Waals surface area contributed by atoms with E-state index < -0.39 is 18.9 Å². The quantitative estimate of drug-likeness (QED) is 0.918. The van der Waals surface area contributed by atoms with Crippen LogP contribution in [0, 0.1) is 0 Å². The summed E-state index contributed by atoms with van der Waals surface area (Å²) in [6.45, 7) is -1.33. The molecule has 96 valence electrons. The Labute approximate surface area is 108 Å². The van der Waals surface area contributed by atoms with E-state index in [1.807, 2.05) is 12.1 Å². The van der Waals surface area contributed by atoms with Crippen molar-refractivity contribution in [2.24, 2.45) is 0 Å². The molecule has 0 spiro atoms. The highest BCUT2D eigenvalue weighted by atomic mass is 79.9. The van der Waals surface area contributed by atoms with Gasteiger partial charge in [-0.15, -0.1) is 11.3 Å². The molecule has 3 nitrogen and oxygen atoms in total.